The molecule has 0 atom stereocenters. The van der Waals surface area contributed by atoms with Crippen molar-refractivity contribution < 1.29 is 22.8 Å². The first kappa shape index (κ1) is 24.8. The van der Waals surface area contributed by atoms with Crippen LogP contribution in [0.15, 0.2) is 41.6 Å². The third-order valence-electron chi connectivity index (χ3n) is 4.82. The van der Waals surface area contributed by atoms with Gasteiger partial charge in [-0.3, -0.25) is 0 Å². The molecular weight excluding hydrogens is 518 g/mol. The van der Waals surface area contributed by atoms with Crippen LogP contribution in [0.25, 0.3) is 9.40 Å². The van der Waals surface area contributed by atoms with Crippen molar-refractivity contribution in [2.24, 2.45) is 5.16 Å². The van der Waals surface area contributed by atoms with Crippen molar-refractivity contribution in [3.63, 3.8) is 0 Å². The predicted octanol–water partition coefficient (Wildman–Crippen LogP) is 7.65. The number of aryl methyl sites for hydroxylation is 1. The Hall–Kier alpha value is -3.30. The minimum atomic E-state index is -1.000. The second-order valence-electron chi connectivity index (χ2n) is 7.34. The molecule has 0 amide bonds. The predicted molar refractivity (Wildman–Crippen MR) is 133 cm³/mol. The Bertz CT molecular complexity index is 1520. The van der Waals surface area contributed by atoms with Gasteiger partial charge >= 0.3 is 0 Å². The standard InChI is InChI=1S/C26H14ClF4NOS2/c1-2-3-14-8-19(28)18(20(29)9-14)7-6-17-13-24-23(35-17)12-16(34-24)5-4-15-10-21(30)25(22(31)11-15)26(27)32-33/h8-13,33H,2-3H2,1H3/b32-26-. The van der Waals surface area contributed by atoms with Crippen LogP contribution >= 0.6 is 34.3 Å². The monoisotopic (exact) mass is 531 g/mol. The number of rotatable bonds is 3. The maximum atomic E-state index is 14.3. The van der Waals surface area contributed by atoms with Gasteiger partial charge in [0.05, 0.1) is 20.9 Å². The molecule has 0 unspecified atom stereocenters. The van der Waals surface area contributed by atoms with Crippen LogP contribution in [0.4, 0.5) is 17.6 Å². The molecule has 0 saturated heterocycles. The minimum absolute atomic E-state index is 0.0866. The van der Waals surface area contributed by atoms with Crippen molar-refractivity contribution in [2.75, 3.05) is 0 Å². The Balaban J connectivity index is 1.56. The zero-order chi connectivity index (χ0) is 25.1. The number of hydrogen-bond donors (Lipinski definition) is 1. The zero-order valence-corrected chi connectivity index (χ0v) is 20.4. The van der Waals surface area contributed by atoms with Crippen molar-refractivity contribution in [2.45, 2.75) is 19.8 Å². The normalized spacial score (nSPS) is 11.2. The molecule has 0 bridgehead atoms. The summed E-state index contributed by atoms with van der Waals surface area (Å²) in [5.41, 5.74) is -0.210. The molecule has 0 radical (unpaired) electrons. The van der Waals surface area contributed by atoms with Gasteiger partial charge < -0.3 is 5.21 Å². The minimum Gasteiger partial charge on any atom is -0.410 e. The summed E-state index contributed by atoms with van der Waals surface area (Å²) < 4.78 is 58.5. The lowest BCUT2D eigenvalue weighted by atomic mass is 10.1. The van der Waals surface area contributed by atoms with Gasteiger partial charge in [-0.2, -0.15) is 0 Å². The van der Waals surface area contributed by atoms with E-state index in [0.717, 1.165) is 28.0 Å². The van der Waals surface area contributed by atoms with E-state index in [2.05, 4.69) is 28.8 Å². The molecule has 1 N–H and O–H groups in total. The molecule has 0 aliphatic heterocycles. The van der Waals surface area contributed by atoms with Gasteiger partial charge in [-0.1, -0.05) is 53.8 Å². The first-order valence-corrected chi connectivity index (χ1v) is 12.2. The molecule has 2 heterocycles. The lowest BCUT2D eigenvalue weighted by Gasteiger charge is -2.02. The van der Waals surface area contributed by atoms with E-state index in [9.17, 15) is 17.6 Å². The van der Waals surface area contributed by atoms with Crippen LogP contribution in [0.3, 0.4) is 0 Å². The molecule has 2 aromatic carbocycles. The van der Waals surface area contributed by atoms with Gasteiger partial charge in [0.25, 0.3) is 0 Å². The van der Waals surface area contributed by atoms with Gasteiger partial charge in [0.2, 0.25) is 0 Å². The first-order chi connectivity index (χ1) is 16.8. The van der Waals surface area contributed by atoms with Crippen LogP contribution in [0, 0.1) is 47.0 Å². The Morgan fingerprint density at radius 3 is 1.89 bits per heavy atom. The van der Waals surface area contributed by atoms with E-state index < -0.39 is 34.0 Å². The van der Waals surface area contributed by atoms with Gasteiger partial charge in [0.15, 0.2) is 5.17 Å². The molecule has 2 aromatic heterocycles. The first-order valence-electron chi connectivity index (χ1n) is 10.2. The number of hydrogen-bond acceptors (Lipinski definition) is 4. The lowest BCUT2D eigenvalue weighted by Crippen LogP contribution is -2.01. The van der Waals surface area contributed by atoms with E-state index in [4.69, 9.17) is 16.8 Å². The number of benzene rings is 2. The summed E-state index contributed by atoms with van der Waals surface area (Å²) in [4.78, 5) is 1.30. The molecule has 2 nitrogen and oxygen atoms in total. The number of thiophene rings is 2. The Labute approximate surface area is 211 Å². The lowest BCUT2D eigenvalue weighted by molar-refractivity contribution is 0.320. The maximum absolute atomic E-state index is 14.3. The van der Waals surface area contributed by atoms with Crippen molar-refractivity contribution in [1.82, 2.24) is 0 Å². The molecule has 0 aliphatic carbocycles. The molecular formula is C26H14ClF4NOS2. The summed E-state index contributed by atoms with van der Waals surface area (Å²) >= 11 is 8.20. The van der Waals surface area contributed by atoms with E-state index in [-0.39, 0.29) is 11.1 Å². The summed E-state index contributed by atoms with van der Waals surface area (Å²) in [6.07, 6.45) is 1.38. The van der Waals surface area contributed by atoms with Gasteiger partial charge in [-0.05, 0) is 48.4 Å². The van der Waals surface area contributed by atoms with Crippen molar-refractivity contribution >= 4 is 48.8 Å². The molecule has 176 valence electrons. The Morgan fingerprint density at radius 2 is 1.37 bits per heavy atom. The smallest absolute Gasteiger partial charge is 0.181 e. The highest BCUT2D eigenvalue weighted by molar-refractivity contribution is 7.28. The fourth-order valence-corrected chi connectivity index (χ4v) is 5.57. The van der Waals surface area contributed by atoms with Crippen LogP contribution in [0.1, 0.15) is 45.4 Å². The maximum Gasteiger partial charge on any atom is 0.181 e. The van der Waals surface area contributed by atoms with Gasteiger partial charge in [-0.15, -0.1) is 22.7 Å². The third kappa shape index (κ3) is 5.52. The van der Waals surface area contributed by atoms with E-state index in [1.165, 1.54) is 34.8 Å². The van der Waals surface area contributed by atoms with E-state index in [1.54, 1.807) is 12.1 Å². The van der Waals surface area contributed by atoms with Crippen LogP contribution < -0.4 is 0 Å². The Kier molecular flexibility index (Phi) is 7.47. The summed E-state index contributed by atoms with van der Waals surface area (Å²) in [6.45, 7) is 1.94. The molecule has 9 heteroatoms. The fourth-order valence-electron chi connectivity index (χ4n) is 3.29. The van der Waals surface area contributed by atoms with Crippen LogP contribution in [0.5, 0.6) is 0 Å². The van der Waals surface area contributed by atoms with Gasteiger partial charge in [-0.25, -0.2) is 17.6 Å². The number of fused-ring (bicyclic) bond motifs is 1. The molecule has 0 aliphatic rings. The molecule has 0 fully saturated rings. The zero-order valence-electron chi connectivity index (χ0n) is 18.0. The van der Waals surface area contributed by atoms with E-state index in [1.807, 2.05) is 6.92 Å². The third-order valence-corrected chi connectivity index (χ3v) is 7.21. The SMILES string of the molecule is CCCc1cc(F)c(C#Cc2cc3sc(C#Cc4cc(F)c(/C(Cl)=N/O)c(F)c4)cc3s2)c(F)c1. The summed E-state index contributed by atoms with van der Waals surface area (Å²) in [6, 6.07) is 8.23. The highest BCUT2D eigenvalue weighted by atomic mass is 35.5. The number of nitrogens with zero attached hydrogens (tertiary/aromatic N) is 1. The average Bonchev–Trinajstić information content (AvgIpc) is 3.35. The fraction of sp³-hybridized carbons (Fsp3) is 0.115. The van der Waals surface area contributed by atoms with Crippen LogP contribution in [-0.4, -0.2) is 10.4 Å². The molecule has 35 heavy (non-hydrogen) atoms. The summed E-state index contributed by atoms with van der Waals surface area (Å²) in [7, 11) is 0. The molecule has 4 aromatic rings. The average molecular weight is 532 g/mol. The van der Waals surface area contributed by atoms with Crippen molar-refractivity contribution in [3.05, 3.63) is 91.7 Å². The van der Waals surface area contributed by atoms with E-state index in [0.29, 0.717) is 21.7 Å². The second kappa shape index (κ2) is 10.5. The number of oxime groups is 1. The van der Waals surface area contributed by atoms with E-state index >= 15 is 0 Å². The molecule has 0 saturated carbocycles. The summed E-state index contributed by atoms with van der Waals surface area (Å²) in [5, 5.41) is 10.5. The van der Waals surface area contributed by atoms with Gasteiger partial charge in [0.1, 0.15) is 23.3 Å². The van der Waals surface area contributed by atoms with Crippen LogP contribution in [-0.2, 0) is 6.42 Å². The van der Waals surface area contributed by atoms with Crippen molar-refractivity contribution in [3.8, 4) is 23.7 Å². The largest absolute Gasteiger partial charge is 0.410 e. The van der Waals surface area contributed by atoms with Crippen LogP contribution in [0.2, 0.25) is 0 Å². The highest BCUT2D eigenvalue weighted by Crippen LogP contribution is 2.32. The Morgan fingerprint density at radius 1 is 0.829 bits per heavy atom. The molecule has 4 rings (SSSR count). The van der Waals surface area contributed by atoms with Gasteiger partial charge in [0, 0.05) is 15.0 Å². The quantitative estimate of drug-likeness (QED) is 0.0951. The van der Waals surface area contributed by atoms with Crippen molar-refractivity contribution in [1.29, 1.82) is 0 Å². The number of halogens is 5. The topological polar surface area (TPSA) is 32.6 Å². The molecule has 0 spiro atoms. The second-order valence-corrected chi connectivity index (χ2v) is 9.87. The summed E-state index contributed by atoms with van der Waals surface area (Å²) in [5.74, 6) is 7.60. The highest BCUT2D eigenvalue weighted by Gasteiger charge is 2.15.